The van der Waals surface area contributed by atoms with E-state index in [0.717, 1.165) is 33.8 Å². The van der Waals surface area contributed by atoms with Crippen LogP contribution in [0.4, 0.5) is 0 Å². The second-order valence-electron chi connectivity index (χ2n) is 13.2. The van der Waals surface area contributed by atoms with E-state index in [1.165, 1.54) is 0 Å². The van der Waals surface area contributed by atoms with E-state index in [4.69, 9.17) is 23.4 Å². The predicted molar refractivity (Wildman–Crippen MR) is 180 cm³/mol. The van der Waals surface area contributed by atoms with Crippen molar-refractivity contribution in [3.63, 3.8) is 0 Å². The molecule has 0 amide bonds. The minimum Gasteiger partial charge on any atom is -0.497 e. The Morgan fingerprint density at radius 1 is 0.689 bits per heavy atom. The molecule has 4 aromatic carbocycles. The fourth-order valence-corrected chi connectivity index (χ4v) is 7.06. The minimum absolute atomic E-state index is 0.0526. The van der Waals surface area contributed by atoms with E-state index in [1.54, 1.807) is 14.2 Å². The number of aliphatic hydroxyl groups excluding tert-OH is 1. The molecule has 4 aromatic rings. The van der Waals surface area contributed by atoms with Gasteiger partial charge in [0.2, 0.25) is 0 Å². The maximum absolute atomic E-state index is 11.8. The number of methoxy groups -OCH3 is 2. The van der Waals surface area contributed by atoms with Crippen molar-refractivity contribution in [2.75, 3.05) is 20.8 Å². The first-order chi connectivity index (χ1) is 21.5. The Morgan fingerprint density at radius 2 is 1.16 bits per heavy atom. The molecule has 0 bridgehead atoms. The molecular formula is C38H46O6Si. The van der Waals surface area contributed by atoms with Crippen molar-refractivity contribution in [2.45, 2.75) is 68.9 Å². The van der Waals surface area contributed by atoms with Gasteiger partial charge in [-0.2, -0.15) is 0 Å². The average molecular weight is 627 g/mol. The van der Waals surface area contributed by atoms with E-state index < -0.39 is 38.3 Å². The fourth-order valence-electron chi connectivity index (χ4n) is 5.74. The van der Waals surface area contributed by atoms with Crippen molar-refractivity contribution < 1.29 is 28.5 Å². The summed E-state index contributed by atoms with van der Waals surface area (Å²) in [7, 11) is 1.03. The highest BCUT2D eigenvalue weighted by Gasteiger charge is 2.51. The van der Waals surface area contributed by atoms with Crippen LogP contribution in [-0.4, -0.2) is 52.6 Å². The lowest BCUT2D eigenvalue weighted by molar-refractivity contribution is -0.0809. The van der Waals surface area contributed by atoms with E-state index in [9.17, 15) is 5.11 Å². The number of rotatable bonds is 11. The summed E-state index contributed by atoms with van der Waals surface area (Å²) in [4.78, 5) is 0. The third-order valence-corrected chi connectivity index (χ3v) is 13.8. The maximum Gasteiger partial charge on any atom is 0.192 e. The second-order valence-corrected chi connectivity index (χ2v) is 17.9. The molecule has 0 radical (unpaired) electrons. The molecule has 0 spiro atoms. The number of benzene rings is 4. The van der Waals surface area contributed by atoms with Gasteiger partial charge in [-0.3, -0.25) is 0 Å². The minimum atomic E-state index is -2.30. The monoisotopic (exact) mass is 626 g/mol. The first-order valence-corrected chi connectivity index (χ1v) is 18.5. The van der Waals surface area contributed by atoms with E-state index in [1.807, 2.05) is 97.1 Å². The van der Waals surface area contributed by atoms with Gasteiger partial charge in [-0.25, -0.2) is 0 Å². The molecule has 1 fully saturated rings. The number of hydrogen-bond acceptors (Lipinski definition) is 6. The highest BCUT2D eigenvalue weighted by atomic mass is 28.4. The van der Waals surface area contributed by atoms with Crippen molar-refractivity contribution in [2.24, 2.45) is 0 Å². The van der Waals surface area contributed by atoms with Crippen molar-refractivity contribution in [1.82, 2.24) is 0 Å². The Hall–Kier alpha value is -3.46. The summed E-state index contributed by atoms with van der Waals surface area (Å²) in [6.45, 7) is 11.2. The van der Waals surface area contributed by atoms with Gasteiger partial charge in [0, 0.05) is 0 Å². The summed E-state index contributed by atoms with van der Waals surface area (Å²) in [5.41, 5.74) is 2.72. The SMILES string of the molecule is COc1ccc(C(OC[C@H]2O[C@@H](c3ccccc3)[C@H](O)[C@@H]2O[Si](C)(C)C(C)(C)C)(c2ccccc2)c2ccc(OC)cc2)cc1. The number of hydrogen-bond donors (Lipinski definition) is 1. The molecule has 5 rings (SSSR count). The molecule has 238 valence electrons. The van der Waals surface area contributed by atoms with Crippen LogP contribution >= 0.6 is 0 Å². The molecule has 1 heterocycles. The van der Waals surface area contributed by atoms with Crippen LogP contribution < -0.4 is 9.47 Å². The third kappa shape index (κ3) is 6.74. The van der Waals surface area contributed by atoms with Crippen LogP contribution in [0.3, 0.4) is 0 Å². The molecular weight excluding hydrogens is 580 g/mol. The molecule has 45 heavy (non-hydrogen) atoms. The Kier molecular flexibility index (Phi) is 9.87. The predicted octanol–water partition coefficient (Wildman–Crippen LogP) is 7.90. The zero-order chi connectivity index (χ0) is 32.2. The zero-order valence-corrected chi connectivity index (χ0v) is 28.4. The van der Waals surface area contributed by atoms with Gasteiger partial charge in [0.15, 0.2) is 8.32 Å². The Balaban J connectivity index is 1.60. The molecule has 4 atom stereocenters. The topological polar surface area (TPSA) is 66.4 Å². The van der Waals surface area contributed by atoms with Gasteiger partial charge in [-0.05, 0) is 64.7 Å². The van der Waals surface area contributed by atoms with Gasteiger partial charge in [-0.15, -0.1) is 0 Å². The quantitative estimate of drug-likeness (QED) is 0.135. The largest absolute Gasteiger partial charge is 0.497 e. The van der Waals surface area contributed by atoms with Crippen molar-refractivity contribution in [3.05, 3.63) is 131 Å². The van der Waals surface area contributed by atoms with Crippen LogP contribution in [0.2, 0.25) is 18.1 Å². The molecule has 6 nitrogen and oxygen atoms in total. The number of ether oxygens (including phenoxy) is 4. The summed E-state index contributed by atoms with van der Waals surface area (Å²) in [6, 6.07) is 36.0. The van der Waals surface area contributed by atoms with Crippen LogP contribution in [0.15, 0.2) is 109 Å². The summed E-state index contributed by atoms with van der Waals surface area (Å²) < 4.78 is 31.8. The summed E-state index contributed by atoms with van der Waals surface area (Å²) in [6.07, 6.45) is -2.50. The van der Waals surface area contributed by atoms with Crippen molar-refractivity contribution in [1.29, 1.82) is 0 Å². The van der Waals surface area contributed by atoms with E-state index in [0.29, 0.717) is 0 Å². The van der Waals surface area contributed by atoms with Gasteiger partial charge in [0.25, 0.3) is 0 Å². The third-order valence-electron chi connectivity index (χ3n) is 9.34. The average Bonchev–Trinajstić information content (AvgIpc) is 3.36. The molecule has 7 heteroatoms. The van der Waals surface area contributed by atoms with Crippen LogP contribution in [-0.2, 0) is 19.5 Å². The second kappa shape index (κ2) is 13.5. The highest BCUT2D eigenvalue weighted by Crippen LogP contribution is 2.45. The molecule has 1 saturated heterocycles. The maximum atomic E-state index is 11.8. The molecule has 1 N–H and O–H groups in total. The molecule has 0 aromatic heterocycles. The summed E-state index contributed by atoms with van der Waals surface area (Å²) >= 11 is 0. The lowest BCUT2D eigenvalue weighted by Crippen LogP contribution is -2.50. The number of aliphatic hydroxyl groups is 1. The fraction of sp³-hybridized carbons (Fsp3) is 0.368. The van der Waals surface area contributed by atoms with Crippen molar-refractivity contribution >= 4 is 8.32 Å². The molecule has 0 saturated carbocycles. The Bertz CT molecular complexity index is 1450. The molecule has 1 aliphatic heterocycles. The van der Waals surface area contributed by atoms with Crippen molar-refractivity contribution in [3.8, 4) is 11.5 Å². The van der Waals surface area contributed by atoms with Gasteiger partial charge >= 0.3 is 0 Å². The van der Waals surface area contributed by atoms with Crippen LogP contribution in [0, 0.1) is 0 Å². The highest BCUT2D eigenvalue weighted by molar-refractivity contribution is 6.74. The molecule has 0 aliphatic carbocycles. The Labute approximate surface area is 269 Å². The van der Waals surface area contributed by atoms with Gasteiger partial charge in [-0.1, -0.05) is 106 Å². The zero-order valence-electron chi connectivity index (χ0n) is 27.4. The van der Waals surface area contributed by atoms with Gasteiger partial charge < -0.3 is 28.5 Å². The van der Waals surface area contributed by atoms with E-state index >= 15 is 0 Å². The van der Waals surface area contributed by atoms with E-state index in [-0.39, 0.29) is 11.6 Å². The van der Waals surface area contributed by atoms with Crippen LogP contribution in [0.25, 0.3) is 0 Å². The first kappa shape index (κ1) is 32.9. The first-order valence-electron chi connectivity index (χ1n) is 15.5. The normalized spacial score (nSPS) is 20.6. The van der Waals surface area contributed by atoms with Crippen LogP contribution in [0.5, 0.6) is 11.5 Å². The lowest BCUT2D eigenvalue weighted by Gasteiger charge is -2.41. The van der Waals surface area contributed by atoms with Crippen LogP contribution in [0.1, 0.15) is 49.1 Å². The smallest absolute Gasteiger partial charge is 0.192 e. The van der Waals surface area contributed by atoms with Gasteiger partial charge in [0.1, 0.15) is 41.5 Å². The standard InChI is InChI=1S/C38H46O6Si/c1-37(2,3)45(6,7)44-36-33(43-35(34(36)39)27-14-10-8-11-15-27)26-42-38(28-16-12-9-13-17-28,29-18-22-31(40-4)23-19-29)30-20-24-32(41-5)25-21-30/h8-25,33-36,39H,26H2,1-7H3/t33-,34+,35+,36-/m1/s1. The lowest BCUT2D eigenvalue weighted by atomic mass is 9.80. The van der Waals surface area contributed by atoms with E-state index in [2.05, 4.69) is 46.0 Å². The molecule has 0 unspecified atom stereocenters. The molecule has 1 aliphatic rings. The summed E-state index contributed by atoms with van der Waals surface area (Å²) in [5.74, 6) is 1.51. The summed E-state index contributed by atoms with van der Waals surface area (Å²) in [5, 5.41) is 11.7. The van der Waals surface area contributed by atoms with Gasteiger partial charge in [0.05, 0.1) is 20.8 Å². The Morgan fingerprint density at radius 3 is 1.62 bits per heavy atom.